The van der Waals surface area contributed by atoms with E-state index < -0.39 is 0 Å². The molecule has 28 heavy (non-hydrogen) atoms. The monoisotopic (exact) mass is 517 g/mol. The smallest absolute Gasteiger partial charge is 0.194 e. The molecule has 2 aromatic rings. The fourth-order valence-electron chi connectivity index (χ4n) is 3.21. The summed E-state index contributed by atoms with van der Waals surface area (Å²) in [7, 11) is 0. The van der Waals surface area contributed by atoms with Crippen molar-refractivity contribution >= 4 is 41.5 Å². The SMILES string of the molecule is CCNC(=NCc1cnn(-c2ccc(Cl)cc2)c1)N1CCC(COCC)C1.I. The van der Waals surface area contributed by atoms with Gasteiger partial charge in [0.15, 0.2) is 5.96 Å². The lowest BCUT2D eigenvalue weighted by Gasteiger charge is -2.21. The molecule has 0 bridgehead atoms. The molecule has 0 amide bonds. The Morgan fingerprint density at radius 1 is 1.32 bits per heavy atom. The van der Waals surface area contributed by atoms with E-state index in [1.54, 1.807) is 0 Å². The van der Waals surface area contributed by atoms with Crippen LogP contribution in [0.1, 0.15) is 25.8 Å². The summed E-state index contributed by atoms with van der Waals surface area (Å²) < 4.78 is 7.43. The number of benzene rings is 1. The molecule has 1 fully saturated rings. The molecule has 0 spiro atoms. The Labute approximate surface area is 189 Å². The first kappa shape index (κ1) is 23.0. The van der Waals surface area contributed by atoms with Gasteiger partial charge in [-0.1, -0.05) is 11.6 Å². The molecule has 1 aliphatic rings. The highest BCUT2D eigenvalue weighted by Crippen LogP contribution is 2.17. The number of guanidine groups is 1. The first-order chi connectivity index (χ1) is 13.2. The topological polar surface area (TPSA) is 54.7 Å². The van der Waals surface area contributed by atoms with Gasteiger partial charge in [-0.15, -0.1) is 24.0 Å². The molecule has 6 nitrogen and oxygen atoms in total. The second-order valence-corrected chi connectivity index (χ2v) is 7.14. The standard InChI is InChI=1S/C20H28ClN5O.HI/c1-3-22-20(25-10-9-16(13-25)15-27-4-2)23-11-17-12-24-26(14-17)19-7-5-18(21)6-8-19;/h5-8,12,14,16H,3-4,9-11,13,15H2,1-2H3,(H,22,23);1H. The van der Waals surface area contributed by atoms with Gasteiger partial charge < -0.3 is 15.0 Å². The Morgan fingerprint density at radius 2 is 2.11 bits per heavy atom. The summed E-state index contributed by atoms with van der Waals surface area (Å²) >= 11 is 5.95. The molecule has 0 aliphatic carbocycles. The highest BCUT2D eigenvalue weighted by molar-refractivity contribution is 14.0. The Kier molecular flexibility index (Phi) is 9.53. The molecule has 8 heteroatoms. The van der Waals surface area contributed by atoms with Gasteiger partial charge in [0, 0.05) is 48.9 Å². The summed E-state index contributed by atoms with van der Waals surface area (Å²) in [6.07, 6.45) is 5.03. The van der Waals surface area contributed by atoms with Gasteiger partial charge in [-0.2, -0.15) is 5.10 Å². The zero-order chi connectivity index (χ0) is 19.1. The van der Waals surface area contributed by atoms with Crippen molar-refractivity contribution < 1.29 is 4.74 Å². The van der Waals surface area contributed by atoms with Gasteiger partial charge in [0.2, 0.25) is 0 Å². The summed E-state index contributed by atoms with van der Waals surface area (Å²) in [5.74, 6) is 1.55. The predicted octanol–water partition coefficient (Wildman–Crippen LogP) is 3.97. The van der Waals surface area contributed by atoms with E-state index >= 15 is 0 Å². The van der Waals surface area contributed by atoms with Gasteiger partial charge in [0.1, 0.15) is 0 Å². The first-order valence-corrected chi connectivity index (χ1v) is 9.97. The van der Waals surface area contributed by atoms with Crippen molar-refractivity contribution in [2.45, 2.75) is 26.8 Å². The van der Waals surface area contributed by atoms with E-state index in [2.05, 4.69) is 22.2 Å². The largest absolute Gasteiger partial charge is 0.381 e. The third-order valence-electron chi connectivity index (χ3n) is 4.62. The highest BCUT2D eigenvalue weighted by atomic mass is 127. The first-order valence-electron chi connectivity index (χ1n) is 9.60. The molecule has 1 atom stereocenters. The fourth-order valence-corrected chi connectivity index (χ4v) is 3.34. The zero-order valence-corrected chi connectivity index (χ0v) is 19.6. The molecule has 1 aromatic carbocycles. The second kappa shape index (κ2) is 11.6. The van der Waals surface area contributed by atoms with Crippen LogP contribution in [0.25, 0.3) is 5.69 Å². The normalized spacial score (nSPS) is 16.9. The van der Waals surface area contributed by atoms with Crippen molar-refractivity contribution in [3.8, 4) is 5.69 Å². The Morgan fingerprint density at radius 3 is 2.82 bits per heavy atom. The summed E-state index contributed by atoms with van der Waals surface area (Å²) in [6.45, 7) is 9.23. The van der Waals surface area contributed by atoms with Crippen LogP contribution in [-0.2, 0) is 11.3 Å². The third-order valence-corrected chi connectivity index (χ3v) is 4.87. The molecule has 1 aromatic heterocycles. The number of aromatic nitrogens is 2. The maximum Gasteiger partial charge on any atom is 0.194 e. The summed E-state index contributed by atoms with van der Waals surface area (Å²) in [6, 6.07) is 7.64. The highest BCUT2D eigenvalue weighted by Gasteiger charge is 2.24. The summed E-state index contributed by atoms with van der Waals surface area (Å²) in [5.41, 5.74) is 2.06. The molecule has 1 saturated heterocycles. The molecule has 1 aliphatic heterocycles. The summed E-state index contributed by atoms with van der Waals surface area (Å²) in [5, 5.41) is 8.57. The minimum Gasteiger partial charge on any atom is -0.381 e. The van der Waals surface area contributed by atoms with Gasteiger partial charge >= 0.3 is 0 Å². The van der Waals surface area contributed by atoms with Crippen molar-refractivity contribution in [3.05, 3.63) is 47.2 Å². The van der Waals surface area contributed by atoms with Crippen molar-refractivity contribution in [3.63, 3.8) is 0 Å². The average Bonchev–Trinajstić information content (AvgIpc) is 3.34. The number of nitrogens with zero attached hydrogens (tertiary/aromatic N) is 4. The molecular weight excluding hydrogens is 489 g/mol. The number of likely N-dealkylation sites (tertiary alicyclic amines) is 1. The maximum absolute atomic E-state index is 5.95. The molecule has 1 N–H and O–H groups in total. The van der Waals surface area contributed by atoms with Crippen LogP contribution in [0.4, 0.5) is 0 Å². The van der Waals surface area contributed by atoms with E-state index in [0.29, 0.717) is 12.5 Å². The van der Waals surface area contributed by atoms with E-state index in [1.807, 2.05) is 48.3 Å². The average molecular weight is 518 g/mol. The Balaban J connectivity index is 0.00000280. The van der Waals surface area contributed by atoms with Gasteiger partial charge in [0.25, 0.3) is 0 Å². The van der Waals surface area contributed by atoms with Gasteiger partial charge in [-0.05, 0) is 44.5 Å². The van der Waals surface area contributed by atoms with Crippen molar-refractivity contribution in [1.82, 2.24) is 20.0 Å². The molecule has 0 saturated carbocycles. The Bertz CT molecular complexity index is 749. The van der Waals surface area contributed by atoms with E-state index in [0.717, 1.165) is 61.5 Å². The predicted molar refractivity (Wildman–Crippen MR) is 125 cm³/mol. The number of rotatable bonds is 7. The van der Waals surface area contributed by atoms with Gasteiger partial charge in [0.05, 0.1) is 25.0 Å². The van der Waals surface area contributed by atoms with Crippen LogP contribution in [0, 0.1) is 5.92 Å². The van der Waals surface area contributed by atoms with Crippen LogP contribution >= 0.6 is 35.6 Å². The maximum atomic E-state index is 5.95. The number of halogens is 2. The molecule has 0 radical (unpaired) electrons. The minimum absolute atomic E-state index is 0. The molecule has 154 valence electrons. The molecule has 2 heterocycles. The van der Waals surface area contributed by atoms with Crippen molar-refractivity contribution in [2.75, 3.05) is 32.8 Å². The molecule has 1 unspecified atom stereocenters. The van der Waals surface area contributed by atoms with Crippen LogP contribution in [0.5, 0.6) is 0 Å². The van der Waals surface area contributed by atoms with Crippen LogP contribution in [-0.4, -0.2) is 53.5 Å². The number of ether oxygens (including phenoxy) is 1. The number of aliphatic imine (C=N–C) groups is 1. The van der Waals surface area contributed by atoms with Crippen LogP contribution < -0.4 is 5.32 Å². The summed E-state index contributed by atoms with van der Waals surface area (Å²) in [4.78, 5) is 7.15. The fraction of sp³-hybridized carbons (Fsp3) is 0.500. The molecule has 3 rings (SSSR count). The number of hydrogen-bond acceptors (Lipinski definition) is 3. The second-order valence-electron chi connectivity index (χ2n) is 6.70. The van der Waals surface area contributed by atoms with E-state index in [1.165, 1.54) is 0 Å². The Hall–Kier alpha value is -1.32. The third kappa shape index (κ3) is 6.35. The quantitative estimate of drug-likeness (QED) is 0.343. The van der Waals surface area contributed by atoms with E-state index in [4.69, 9.17) is 21.3 Å². The minimum atomic E-state index is 0. The lowest BCUT2D eigenvalue weighted by atomic mass is 10.1. The van der Waals surface area contributed by atoms with E-state index in [-0.39, 0.29) is 24.0 Å². The van der Waals surface area contributed by atoms with Gasteiger partial charge in [-0.3, -0.25) is 0 Å². The zero-order valence-electron chi connectivity index (χ0n) is 16.5. The van der Waals surface area contributed by atoms with Crippen LogP contribution in [0.2, 0.25) is 5.02 Å². The van der Waals surface area contributed by atoms with Gasteiger partial charge in [-0.25, -0.2) is 9.67 Å². The van der Waals surface area contributed by atoms with Crippen LogP contribution in [0.15, 0.2) is 41.7 Å². The van der Waals surface area contributed by atoms with Crippen LogP contribution in [0.3, 0.4) is 0 Å². The number of hydrogen-bond donors (Lipinski definition) is 1. The molecular formula is C20H29ClIN5O. The number of nitrogens with one attached hydrogen (secondary N) is 1. The van der Waals surface area contributed by atoms with E-state index in [9.17, 15) is 0 Å². The lowest BCUT2D eigenvalue weighted by Crippen LogP contribution is -2.40. The van der Waals surface area contributed by atoms with Crippen molar-refractivity contribution in [2.24, 2.45) is 10.9 Å². The van der Waals surface area contributed by atoms with Crippen molar-refractivity contribution in [1.29, 1.82) is 0 Å². The lowest BCUT2D eigenvalue weighted by molar-refractivity contribution is 0.114.